The summed E-state index contributed by atoms with van der Waals surface area (Å²) < 4.78 is 8.91. The fraction of sp³-hybridized carbons (Fsp3) is 0.526. The molecule has 2 aromatic heterocycles. The molecule has 0 bridgehead atoms. The van der Waals surface area contributed by atoms with Gasteiger partial charge in [-0.15, -0.1) is 0 Å². The molecule has 142 valence electrons. The van der Waals surface area contributed by atoms with E-state index in [0.29, 0.717) is 17.8 Å². The van der Waals surface area contributed by atoms with Crippen molar-refractivity contribution in [1.82, 2.24) is 19.7 Å². The second kappa shape index (κ2) is 8.21. The summed E-state index contributed by atoms with van der Waals surface area (Å²) in [5.74, 6) is -0.106. The van der Waals surface area contributed by atoms with Crippen LogP contribution in [0.25, 0.3) is 5.82 Å². The zero-order chi connectivity index (χ0) is 19.3. The minimum absolute atomic E-state index is 0.339. The van der Waals surface area contributed by atoms with Crippen molar-refractivity contribution in [3.8, 4) is 5.82 Å². The van der Waals surface area contributed by atoms with Gasteiger partial charge in [0, 0.05) is 19.4 Å². The van der Waals surface area contributed by atoms with E-state index in [1.165, 1.54) is 6.20 Å². The number of ether oxygens (including phenoxy) is 1. The van der Waals surface area contributed by atoms with E-state index in [9.17, 15) is 9.59 Å². The summed E-state index contributed by atoms with van der Waals surface area (Å²) in [7, 11) is 1.77. The molecule has 26 heavy (non-hydrogen) atoms. The first-order valence-electron chi connectivity index (χ1n) is 8.92. The molecule has 0 aliphatic carbocycles. The van der Waals surface area contributed by atoms with Crippen LogP contribution >= 0.6 is 0 Å². The Kier molecular flexibility index (Phi) is 6.23. The minimum atomic E-state index is -0.681. The first kappa shape index (κ1) is 19.8. The summed E-state index contributed by atoms with van der Waals surface area (Å²) in [6.07, 6.45) is 7.48. The van der Waals surface area contributed by atoms with Crippen LogP contribution < -0.4 is 5.32 Å². The Hall–Kier alpha value is -2.57. The highest BCUT2D eigenvalue weighted by Crippen LogP contribution is 2.16. The highest BCUT2D eigenvalue weighted by Gasteiger charge is 2.28. The number of carbonyl (C=O) groups excluding carboxylic acids is 2. The van der Waals surface area contributed by atoms with Gasteiger partial charge in [0.15, 0.2) is 0 Å². The summed E-state index contributed by atoms with van der Waals surface area (Å²) in [6.45, 7) is 7.48. The van der Waals surface area contributed by atoms with E-state index in [0.717, 1.165) is 12.8 Å². The van der Waals surface area contributed by atoms with E-state index in [-0.39, 0.29) is 5.91 Å². The van der Waals surface area contributed by atoms with Gasteiger partial charge in [0.1, 0.15) is 23.0 Å². The predicted molar refractivity (Wildman–Crippen MR) is 99.2 cm³/mol. The summed E-state index contributed by atoms with van der Waals surface area (Å²) in [5, 5.41) is 7.01. The van der Waals surface area contributed by atoms with Crippen molar-refractivity contribution >= 4 is 11.9 Å². The quantitative estimate of drug-likeness (QED) is 0.770. The Morgan fingerprint density at radius 1 is 1.27 bits per heavy atom. The number of aryl methyl sites for hydroxylation is 1. The van der Waals surface area contributed by atoms with Crippen LogP contribution in [0, 0.1) is 0 Å². The van der Waals surface area contributed by atoms with Crippen LogP contribution in [0.15, 0.2) is 30.7 Å². The normalized spacial score (nSPS) is 12.7. The zero-order valence-corrected chi connectivity index (χ0v) is 16.2. The number of nitrogens with one attached hydrogen (secondary N) is 1. The largest absolute Gasteiger partial charge is 0.458 e. The van der Waals surface area contributed by atoms with Crippen molar-refractivity contribution in [1.29, 1.82) is 0 Å². The molecule has 7 nitrogen and oxygen atoms in total. The number of esters is 1. The summed E-state index contributed by atoms with van der Waals surface area (Å²) >= 11 is 0. The van der Waals surface area contributed by atoms with Crippen molar-refractivity contribution in [3.63, 3.8) is 0 Å². The van der Waals surface area contributed by atoms with Crippen LogP contribution in [0.5, 0.6) is 0 Å². The molecule has 2 heterocycles. The van der Waals surface area contributed by atoms with E-state index < -0.39 is 17.6 Å². The molecule has 0 saturated carbocycles. The molecule has 0 fully saturated rings. The maximum atomic E-state index is 12.8. The lowest BCUT2D eigenvalue weighted by atomic mass is 10.1. The van der Waals surface area contributed by atoms with Crippen LogP contribution in [0.4, 0.5) is 0 Å². The lowest BCUT2D eigenvalue weighted by molar-refractivity contribution is -0.157. The van der Waals surface area contributed by atoms with E-state index >= 15 is 0 Å². The third kappa shape index (κ3) is 4.97. The van der Waals surface area contributed by atoms with Gasteiger partial charge < -0.3 is 14.6 Å². The van der Waals surface area contributed by atoms with Gasteiger partial charge in [-0.2, -0.15) is 5.10 Å². The van der Waals surface area contributed by atoms with Crippen molar-refractivity contribution < 1.29 is 14.3 Å². The average molecular weight is 360 g/mol. The Labute approximate surface area is 154 Å². The smallest absolute Gasteiger partial charge is 0.329 e. The molecule has 0 spiro atoms. The Balaban J connectivity index is 2.21. The molecular formula is C19H28N4O3. The number of carbonyl (C=O) groups is 2. The lowest BCUT2D eigenvalue weighted by Crippen LogP contribution is -2.44. The lowest BCUT2D eigenvalue weighted by Gasteiger charge is -2.24. The SMILES string of the molecule is CCCC[C@@H](NC(=O)c1cnn(C)c1-n1cccc1)C(=O)OC(C)(C)C. The van der Waals surface area contributed by atoms with Crippen LogP contribution in [0.1, 0.15) is 57.3 Å². The van der Waals surface area contributed by atoms with Gasteiger partial charge in [0.05, 0.1) is 6.20 Å². The van der Waals surface area contributed by atoms with Gasteiger partial charge in [-0.25, -0.2) is 4.79 Å². The molecule has 0 aliphatic heterocycles. The van der Waals surface area contributed by atoms with E-state index in [1.54, 1.807) is 11.7 Å². The van der Waals surface area contributed by atoms with Gasteiger partial charge in [0.2, 0.25) is 0 Å². The first-order valence-corrected chi connectivity index (χ1v) is 8.92. The van der Waals surface area contributed by atoms with Gasteiger partial charge in [-0.05, 0) is 39.3 Å². The van der Waals surface area contributed by atoms with Crippen LogP contribution in [-0.2, 0) is 16.6 Å². The third-order valence-electron chi connectivity index (χ3n) is 3.84. The van der Waals surface area contributed by atoms with Gasteiger partial charge in [-0.3, -0.25) is 9.48 Å². The number of hydrogen-bond acceptors (Lipinski definition) is 4. The molecule has 1 atom stereocenters. The molecule has 0 unspecified atom stereocenters. The van der Waals surface area contributed by atoms with Gasteiger partial charge in [0.25, 0.3) is 5.91 Å². The van der Waals surface area contributed by atoms with Crippen LogP contribution in [0.3, 0.4) is 0 Å². The molecule has 0 aliphatic rings. The van der Waals surface area contributed by atoms with Crippen LogP contribution in [0.2, 0.25) is 0 Å². The Morgan fingerprint density at radius 2 is 1.92 bits per heavy atom. The van der Waals surface area contributed by atoms with E-state index in [1.807, 2.05) is 56.8 Å². The maximum absolute atomic E-state index is 12.8. The van der Waals surface area contributed by atoms with Crippen molar-refractivity contribution in [2.75, 3.05) is 0 Å². The highest BCUT2D eigenvalue weighted by molar-refractivity contribution is 5.99. The zero-order valence-electron chi connectivity index (χ0n) is 16.2. The van der Waals surface area contributed by atoms with Crippen LogP contribution in [-0.4, -0.2) is 37.9 Å². The number of nitrogens with zero attached hydrogens (tertiary/aromatic N) is 3. The highest BCUT2D eigenvalue weighted by atomic mass is 16.6. The second-order valence-corrected chi connectivity index (χ2v) is 7.30. The second-order valence-electron chi connectivity index (χ2n) is 7.30. The molecule has 2 rings (SSSR count). The number of unbranched alkanes of at least 4 members (excludes halogenated alkanes) is 1. The standard InChI is InChI=1S/C19H28N4O3/c1-6-7-10-15(18(25)26-19(2,3)4)21-16(24)14-13-20-22(5)17(14)23-11-8-9-12-23/h8-9,11-13,15H,6-7,10H2,1-5H3,(H,21,24)/t15-/m1/s1. The molecule has 0 radical (unpaired) electrons. The average Bonchev–Trinajstić information content (AvgIpc) is 3.18. The van der Waals surface area contributed by atoms with E-state index in [2.05, 4.69) is 10.4 Å². The number of amides is 1. The van der Waals surface area contributed by atoms with Gasteiger partial charge >= 0.3 is 5.97 Å². The third-order valence-corrected chi connectivity index (χ3v) is 3.84. The number of rotatable bonds is 7. The summed E-state index contributed by atoms with van der Waals surface area (Å²) in [4.78, 5) is 25.3. The first-order chi connectivity index (χ1) is 12.2. The Bertz CT molecular complexity index is 741. The minimum Gasteiger partial charge on any atom is -0.458 e. The maximum Gasteiger partial charge on any atom is 0.329 e. The fourth-order valence-corrected chi connectivity index (χ4v) is 2.64. The molecule has 2 aromatic rings. The number of aromatic nitrogens is 3. The summed E-state index contributed by atoms with van der Waals surface area (Å²) in [5.41, 5.74) is -0.189. The molecule has 0 saturated heterocycles. The van der Waals surface area contributed by atoms with Crippen molar-refractivity contribution in [3.05, 3.63) is 36.3 Å². The molecule has 1 N–H and O–H groups in total. The number of hydrogen-bond donors (Lipinski definition) is 1. The molecule has 1 amide bonds. The monoisotopic (exact) mass is 360 g/mol. The van der Waals surface area contributed by atoms with Crippen molar-refractivity contribution in [2.24, 2.45) is 7.05 Å². The van der Waals surface area contributed by atoms with E-state index in [4.69, 9.17) is 4.74 Å². The molecular weight excluding hydrogens is 332 g/mol. The molecule has 0 aromatic carbocycles. The van der Waals surface area contributed by atoms with Gasteiger partial charge in [-0.1, -0.05) is 19.8 Å². The predicted octanol–water partition coefficient (Wildman–Crippen LogP) is 2.84. The fourth-order valence-electron chi connectivity index (χ4n) is 2.64. The topological polar surface area (TPSA) is 78.2 Å². The van der Waals surface area contributed by atoms with Crippen molar-refractivity contribution in [2.45, 2.75) is 58.6 Å². The Morgan fingerprint density at radius 3 is 2.50 bits per heavy atom. The summed E-state index contributed by atoms with van der Waals surface area (Å²) in [6, 6.07) is 3.07. The molecule has 7 heteroatoms.